The Morgan fingerprint density at radius 2 is 1.75 bits per heavy atom. The minimum atomic E-state index is -3.93. The third kappa shape index (κ3) is 4.01. The zero-order valence-corrected chi connectivity index (χ0v) is 10.9. The molecule has 1 aromatic rings. The lowest BCUT2D eigenvalue weighted by Crippen LogP contribution is -2.24. The molecule has 0 aromatic heterocycles. The van der Waals surface area contributed by atoms with Crippen molar-refractivity contribution in [3.05, 3.63) is 36.0 Å². The van der Waals surface area contributed by atoms with Gasteiger partial charge in [0.15, 0.2) is 0 Å². The molecule has 102 valence electrons. The zero-order valence-electron chi connectivity index (χ0n) is 10.1. The topological polar surface area (TPSA) is 158 Å². The summed E-state index contributed by atoms with van der Waals surface area (Å²) in [6.45, 7) is 0. The maximum Gasteiger partial charge on any atom is 0.285 e. The number of nitrogens with zero attached hydrogens (tertiary/aromatic N) is 3. The molecule has 0 aliphatic heterocycles. The van der Waals surface area contributed by atoms with Gasteiger partial charge < -0.3 is 16.8 Å². The van der Waals surface area contributed by atoms with Crippen molar-refractivity contribution in [1.82, 2.24) is 0 Å². The van der Waals surface area contributed by atoms with Gasteiger partial charge in [0.05, 0.1) is 4.90 Å². The largest absolute Gasteiger partial charge is 0.369 e. The van der Waals surface area contributed by atoms with Gasteiger partial charge in [0.25, 0.3) is 10.0 Å². The van der Waals surface area contributed by atoms with Gasteiger partial charge in [0.2, 0.25) is 5.96 Å². The average molecular weight is 290 g/mol. The van der Waals surface area contributed by atoms with Crippen LogP contribution >= 0.6 is 0 Å². The quantitative estimate of drug-likeness (QED) is 0.399. The lowest BCUT2D eigenvalue weighted by Gasteiger charge is -2.02. The SMILES string of the molecule is N#CC(C#N)=CNc1ccc(S(=O)(=O)N=C(N)N)cc1. The van der Waals surface area contributed by atoms with Crippen molar-refractivity contribution in [2.75, 3.05) is 5.32 Å². The Morgan fingerprint density at radius 3 is 2.20 bits per heavy atom. The first-order valence-electron chi connectivity index (χ1n) is 5.12. The lowest BCUT2D eigenvalue weighted by atomic mass is 10.3. The van der Waals surface area contributed by atoms with Crippen molar-refractivity contribution in [2.24, 2.45) is 15.9 Å². The molecular weight excluding hydrogens is 280 g/mol. The summed E-state index contributed by atoms with van der Waals surface area (Å²) in [5, 5.41) is 19.8. The highest BCUT2D eigenvalue weighted by Gasteiger charge is 2.12. The summed E-state index contributed by atoms with van der Waals surface area (Å²) in [7, 11) is -3.93. The Balaban J connectivity index is 2.97. The van der Waals surface area contributed by atoms with E-state index in [0.29, 0.717) is 5.69 Å². The van der Waals surface area contributed by atoms with Crippen LogP contribution in [0.1, 0.15) is 0 Å². The van der Waals surface area contributed by atoms with Crippen LogP contribution in [0.4, 0.5) is 5.69 Å². The van der Waals surface area contributed by atoms with Crippen LogP contribution in [-0.2, 0) is 10.0 Å². The Kier molecular flexibility index (Phi) is 4.67. The van der Waals surface area contributed by atoms with Gasteiger partial charge in [-0.25, -0.2) is 0 Å². The summed E-state index contributed by atoms with van der Waals surface area (Å²) < 4.78 is 26.4. The van der Waals surface area contributed by atoms with Crippen LogP contribution in [0, 0.1) is 22.7 Å². The van der Waals surface area contributed by atoms with Gasteiger partial charge in [0.1, 0.15) is 17.7 Å². The van der Waals surface area contributed by atoms with Crippen LogP contribution in [0.25, 0.3) is 0 Å². The van der Waals surface area contributed by atoms with E-state index in [-0.39, 0.29) is 10.5 Å². The molecule has 1 rings (SSSR count). The molecule has 0 heterocycles. The molecule has 0 saturated heterocycles. The molecule has 8 nitrogen and oxygen atoms in total. The molecule has 0 atom stereocenters. The first-order valence-corrected chi connectivity index (χ1v) is 6.56. The number of guanidine groups is 1. The minimum absolute atomic E-state index is 0.0822. The van der Waals surface area contributed by atoms with Crippen molar-refractivity contribution < 1.29 is 8.42 Å². The first kappa shape index (κ1) is 15.0. The second-order valence-electron chi connectivity index (χ2n) is 3.44. The van der Waals surface area contributed by atoms with Gasteiger partial charge in [-0.15, -0.1) is 4.40 Å². The number of nitriles is 2. The van der Waals surface area contributed by atoms with E-state index in [1.807, 2.05) is 0 Å². The van der Waals surface area contributed by atoms with E-state index in [2.05, 4.69) is 9.71 Å². The highest BCUT2D eigenvalue weighted by Crippen LogP contribution is 2.16. The number of benzene rings is 1. The molecule has 0 spiro atoms. The van der Waals surface area contributed by atoms with Gasteiger partial charge in [-0.05, 0) is 24.3 Å². The van der Waals surface area contributed by atoms with Gasteiger partial charge in [-0.1, -0.05) is 0 Å². The predicted octanol–water partition coefficient (Wildman–Crippen LogP) is -0.00834. The molecule has 5 N–H and O–H groups in total. The maximum absolute atomic E-state index is 11.6. The molecule has 20 heavy (non-hydrogen) atoms. The first-order chi connectivity index (χ1) is 9.39. The average Bonchev–Trinajstić information content (AvgIpc) is 2.39. The van der Waals surface area contributed by atoms with Crippen LogP contribution in [0.3, 0.4) is 0 Å². The molecule has 0 aliphatic rings. The number of hydrogen-bond acceptors (Lipinski definition) is 5. The van der Waals surface area contributed by atoms with Crippen LogP contribution in [0.2, 0.25) is 0 Å². The second kappa shape index (κ2) is 6.22. The summed E-state index contributed by atoms with van der Waals surface area (Å²) in [5.74, 6) is -0.553. The van der Waals surface area contributed by atoms with E-state index in [1.165, 1.54) is 30.5 Å². The van der Waals surface area contributed by atoms with Gasteiger partial charge in [-0.3, -0.25) is 0 Å². The molecule has 0 saturated carbocycles. The Morgan fingerprint density at radius 1 is 1.20 bits per heavy atom. The highest BCUT2D eigenvalue weighted by molar-refractivity contribution is 7.90. The fourth-order valence-electron chi connectivity index (χ4n) is 1.16. The van der Waals surface area contributed by atoms with E-state index in [1.54, 1.807) is 12.1 Å². The molecule has 0 amide bonds. The van der Waals surface area contributed by atoms with Gasteiger partial charge >= 0.3 is 0 Å². The van der Waals surface area contributed by atoms with Gasteiger partial charge in [-0.2, -0.15) is 18.9 Å². The fourth-order valence-corrected chi connectivity index (χ4v) is 2.02. The number of anilines is 1. The van der Waals surface area contributed by atoms with Crippen molar-refractivity contribution in [2.45, 2.75) is 4.90 Å². The molecule has 0 fully saturated rings. The standard InChI is InChI=1S/C11H10N6O2S/c12-5-8(6-13)7-16-9-1-3-10(4-2-9)20(18,19)17-11(14)15/h1-4,7,16H,(H4,14,15,17). The number of allylic oxidation sites excluding steroid dienone is 1. The Bertz CT molecular complexity index is 715. The van der Waals surface area contributed by atoms with Gasteiger partial charge in [0, 0.05) is 11.9 Å². The van der Waals surface area contributed by atoms with E-state index in [4.69, 9.17) is 22.0 Å². The number of sulfonamides is 1. The Labute approximate surface area is 115 Å². The summed E-state index contributed by atoms with van der Waals surface area (Å²) in [4.78, 5) is -0.0822. The predicted molar refractivity (Wildman–Crippen MR) is 72.4 cm³/mol. The smallest absolute Gasteiger partial charge is 0.285 e. The summed E-state index contributed by atoms with van der Waals surface area (Å²) in [6, 6.07) is 8.81. The fraction of sp³-hybridized carbons (Fsp3) is 0. The van der Waals surface area contributed by atoms with E-state index < -0.39 is 16.0 Å². The van der Waals surface area contributed by atoms with Crippen LogP contribution in [0.15, 0.2) is 45.3 Å². The third-order valence-corrected chi connectivity index (χ3v) is 3.32. The monoisotopic (exact) mass is 290 g/mol. The van der Waals surface area contributed by atoms with Crippen LogP contribution in [-0.4, -0.2) is 14.4 Å². The summed E-state index contributed by atoms with van der Waals surface area (Å²) in [6.07, 6.45) is 1.21. The molecule has 0 bridgehead atoms. The molecule has 1 aromatic carbocycles. The van der Waals surface area contributed by atoms with Crippen molar-refractivity contribution in [3.8, 4) is 12.1 Å². The van der Waals surface area contributed by atoms with E-state index >= 15 is 0 Å². The maximum atomic E-state index is 11.6. The zero-order chi connectivity index (χ0) is 15.2. The molecule has 0 radical (unpaired) electrons. The van der Waals surface area contributed by atoms with Crippen molar-refractivity contribution in [1.29, 1.82) is 10.5 Å². The highest BCUT2D eigenvalue weighted by atomic mass is 32.2. The molecule has 0 aliphatic carbocycles. The number of nitrogens with one attached hydrogen (secondary N) is 1. The summed E-state index contributed by atoms with van der Waals surface area (Å²) in [5.41, 5.74) is 10.4. The van der Waals surface area contributed by atoms with Crippen LogP contribution in [0.5, 0.6) is 0 Å². The molecule has 0 unspecified atom stereocenters. The summed E-state index contributed by atoms with van der Waals surface area (Å²) >= 11 is 0. The normalized spacial score (nSPS) is 9.70. The van der Waals surface area contributed by atoms with Crippen molar-refractivity contribution in [3.63, 3.8) is 0 Å². The van der Waals surface area contributed by atoms with E-state index in [0.717, 1.165) is 0 Å². The van der Waals surface area contributed by atoms with E-state index in [9.17, 15) is 8.42 Å². The number of rotatable bonds is 4. The molecule has 9 heteroatoms. The van der Waals surface area contributed by atoms with Crippen LogP contribution < -0.4 is 16.8 Å². The molecular formula is C11H10N6O2S. The minimum Gasteiger partial charge on any atom is -0.369 e. The Hall–Kier alpha value is -3.04. The second-order valence-corrected chi connectivity index (χ2v) is 5.05. The third-order valence-electron chi connectivity index (χ3n) is 2.00. The van der Waals surface area contributed by atoms with Crippen molar-refractivity contribution >= 4 is 21.7 Å². The number of hydrogen-bond donors (Lipinski definition) is 3. The number of nitrogens with two attached hydrogens (primary N) is 2. The lowest BCUT2D eigenvalue weighted by molar-refractivity contribution is 0.598.